The molecule has 0 bridgehead atoms. The van der Waals surface area contributed by atoms with Crippen molar-refractivity contribution in [3.63, 3.8) is 0 Å². The molecule has 3 rings (SSSR count). The van der Waals surface area contributed by atoms with Crippen LogP contribution in [0.15, 0.2) is 48.5 Å². The van der Waals surface area contributed by atoms with Gasteiger partial charge < -0.3 is 10.0 Å². The summed E-state index contributed by atoms with van der Waals surface area (Å²) < 4.78 is 38.1. The van der Waals surface area contributed by atoms with Crippen LogP contribution in [0, 0.1) is 6.92 Å². The molecule has 26 heavy (non-hydrogen) atoms. The lowest BCUT2D eigenvalue weighted by molar-refractivity contribution is -0.137. The number of hydrogen-bond acceptors (Lipinski definition) is 4. The Labute approximate surface area is 153 Å². The Balaban J connectivity index is 1.79. The number of halogens is 3. The van der Waals surface area contributed by atoms with Crippen LogP contribution in [0.25, 0.3) is 10.6 Å². The second-order valence-corrected chi connectivity index (χ2v) is 7.06. The maximum atomic E-state index is 12.7. The van der Waals surface area contributed by atoms with E-state index >= 15 is 0 Å². The van der Waals surface area contributed by atoms with E-state index in [2.05, 4.69) is 4.98 Å². The highest BCUT2D eigenvalue weighted by Gasteiger charge is 2.30. The molecule has 0 fully saturated rings. The molecular formula is C19H17F3N2OS. The molecule has 1 heterocycles. The van der Waals surface area contributed by atoms with Gasteiger partial charge in [0.25, 0.3) is 0 Å². The molecule has 0 radical (unpaired) electrons. The van der Waals surface area contributed by atoms with Crippen molar-refractivity contribution in [3.05, 3.63) is 64.7 Å². The van der Waals surface area contributed by atoms with Crippen LogP contribution in [-0.2, 0) is 12.7 Å². The third kappa shape index (κ3) is 3.99. The summed E-state index contributed by atoms with van der Waals surface area (Å²) in [6, 6.07) is 12.0. The number of aryl methyl sites for hydroxylation is 1. The Kier molecular flexibility index (Phi) is 4.91. The van der Waals surface area contributed by atoms with Gasteiger partial charge in [-0.2, -0.15) is 13.2 Å². The summed E-state index contributed by atoms with van der Waals surface area (Å²) in [6.07, 6.45) is -4.34. The maximum Gasteiger partial charge on any atom is 0.416 e. The molecule has 3 nitrogen and oxygen atoms in total. The number of aromatic nitrogens is 1. The van der Waals surface area contributed by atoms with Crippen molar-refractivity contribution in [3.8, 4) is 16.3 Å². The number of rotatable bonds is 4. The van der Waals surface area contributed by atoms with E-state index in [1.165, 1.54) is 23.5 Å². The monoisotopic (exact) mass is 378 g/mol. The standard InChI is InChI=1S/C19H17F3N2OS/c1-12-17(11-24(2)15-7-9-16(25)10-8-15)26-18(23-12)13-3-5-14(6-4-13)19(20,21)22/h3-10,25H,11H2,1-2H3. The first kappa shape index (κ1) is 18.3. The fourth-order valence-corrected chi connectivity index (χ4v) is 3.64. The molecule has 0 unspecified atom stereocenters. The van der Waals surface area contributed by atoms with Gasteiger partial charge in [-0.05, 0) is 43.3 Å². The number of phenolic OH excluding ortho intramolecular Hbond substituents is 1. The minimum absolute atomic E-state index is 0.209. The average Bonchev–Trinajstić information content (AvgIpc) is 2.95. The van der Waals surface area contributed by atoms with Crippen LogP contribution in [0.2, 0.25) is 0 Å². The second-order valence-electron chi connectivity index (χ2n) is 5.98. The topological polar surface area (TPSA) is 36.4 Å². The number of hydrogen-bond donors (Lipinski definition) is 1. The van der Waals surface area contributed by atoms with Crippen LogP contribution in [-0.4, -0.2) is 17.1 Å². The molecule has 0 aliphatic carbocycles. The molecule has 2 aromatic carbocycles. The Morgan fingerprint density at radius 1 is 1.04 bits per heavy atom. The third-order valence-electron chi connectivity index (χ3n) is 4.02. The Morgan fingerprint density at radius 3 is 2.23 bits per heavy atom. The highest BCUT2D eigenvalue weighted by atomic mass is 32.1. The van der Waals surface area contributed by atoms with Gasteiger partial charge in [0.2, 0.25) is 0 Å². The Morgan fingerprint density at radius 2 is 1.65 bits per heavy atom. The van der Waals surface area contributed by atoms with Gasteiger partial charge in [-0.15, -0.1) is 11.3 Å². The van der Waals surface area contributed by atoms with Crippen molar-refractivity contribution in [2.45, 2.75) is 19.6 Å². The molecule has 3 aromatic rings. The summed E-state index contributed by atoms with van der Waals surface area (Å²) in [6.45, 7) is 2.51. The van der Waals surface area contributed by atoms with E-state index in [0.717, 1.165) is 28.4 Å². The van der Waals surface area contributed by atoms with Gasteiger partial charge in [0.15, 0.2) is 0 Å². The molecule has 1 aromatic heterocycles. The van der Waals surface area contributed by atoms with Crippen LogP contribution in [0.3, 0.4) is 0 Å². The molecular weight excluding hydrogens is 361 g/mol. The van der Waals surface area contributed by atoms with Crippen molar-refractivity contribution in [1.29, 1.82) is 0 Å². The molecule has 0 amide bonds. The van der Waals surface area contributed by atoms with Gasteiger partial charge >= 0.3 is 6.18 Å². The quantitative estimate of drug-likeness (QED) is 0.653. The fourth-order valence-electron chi connectivity index (χ4n) is 2.51. The van der Waals surface area contributed by atoms with E-state index in [1.54, 1.807) is 12.1 Å². The summed E-state index contributed by atoms with van der Waals surface area (Å²) in [7, 11) is 1.93. The summed E-state index contributed by atoms with van der Waals surface area (Å²) in [5, 5.41) is 10.1. The minimum Gasteiger partial charge on any atom is -0.508 e. The van der Waals surface area contributed by atoms with Crippen LogP contribution < -0.4 is 4.90 Å². The number of aromatic hydroxyl groups is 1. The van der Waals surface area contributed by atoms with Crippen LogP contribution in [0.1, 0.15) is 16.1 Å². The average molecular weight is 378 g/mol. The van der Waals surface area contributed by atoms with Gasteiger partial charge in [0, 0.05) is 23.2 Å². The van der Waals surface area contributed by atoms with E-state index in [-0.39, 0.29) is 5.75 Å². The zero-order valence-corrected chi connectivity index (χ0v) is 15.0. The number of benzene rings is 2. The molecule has 1 N–H and O–H groups in total. The number of phenols is 1. The zero-order chi connectivity index (χ0) is 18.9. The van der Waals surface area contributed by atoms with Crippen molar-refractivity contribution in [2.24, 2.45) is 0 Å². The third-order valence-corrected chi connectivity index (χ3v) is 5.21. The minimum atomic E-state index is -4.34. The largest absolute Gasteiger partial charge is 0.508 e. The molecule has 0 aliphatic rings. The lowest BCUT2D eigenvalue weighted by Crippen LogP contribution is -2.15. The molecule has 0 spiro atoms. The number of thiazole rings is 1. The summed E-state index contributed by atoms with van der Waals surface area (Å²) >= 11 is 1.47. The predicted molar refractivity (Wildman–Crippen MR) is 97.5 cm³/mol. The van der Waals surface area contributed by atoms with Crippen molar-refractivity contribution < 1.29 is 18.3 Å². The molecule has 136 valence electrons. The molecule has 0 saturated heterocycles. The lowest BCUT2D eigenvalue weighted by Gasteiger charge is -2.18. The van der Waals surface area contributed by atoms with Gasteiger partial charge in [0.05, 0.1) is 17.8 Å². The highest BCUT2D eigenvalue weighted by molar-refractivity contribution is 7.15. The summed E-state index contributed by atoms with van der Waals surface area (Å²) in [4.78, 5) is 7.57. The number of nitrogens with zero attached hydrogens (tertiary/aromatic N) is 2. The van der Waals surface area contributed by atoms with Gasteiger partial charge in [-0.3, -0.25) is 0 Å². The zero-order valence-electron chi connectivity index (χ0n) is 14.2. The molecule has 7 heteroatoms. The number of anilines is 1. The van der Waals surface area contributed by atoms with Gasteiger partial charge in [-0.1, -0.05) is 12.1 Å². The highest BCUT2D eigenvalue weighted by Crippen LogP contribution is 2.33. The lowest BCUT2D eigenvalue weighted by atomic mass is 10.1. The maximum absolute atomic E-state index is 12.7. The van der Waals surface area contributed by atoms with Crippen molar-refractivity contribution in [2.75, 3.05) is 11.9 Å². The first-order valence-electron chi connectivity index (χ1n) is 7.88. The summed E-state index contributed by atoms with van der Waals surface area (Å²) in [5.41, 5.74) is 1.81. The van der Waals surface area contributed by atoms with Gasteiger partial charge in [-0.25, -0.2) is 4.98 Å². The van der Waals surface area contributed by atoms with Crippen LogP contribution in [0.4, 0.5) is 18.9 Å². The fraction of sp³-hybridized carbons (Fsp3) is 0.211. The van der Waals surface area contributed by atoms with Crippen LogP contribution >= 0.6 is 11.3 Å². The van der Waals surface area contributed by atoms with Crippen molar-refractivity contribution in [1.82, 2.24) is 4.98 Å². The predicted octanol–water partition coefficient (Wildman–Crippen LogP) is 5.48. The first-order chi connectivity index (χ1) is 12.2. The molecule has 0 saturated carbocycles. The Bertz CT molecular complexity index is 887. The second kappa shape index (κ2) is 6.99. The van der Waals surface area contributed by atoms with E-state index in [9.17, 15) is 18.3 Å². The normalized spacial score (nSPS) is 11.6. The van der Waals surface area contributed by atoms with Crippen LogP contribution in [0.5, 0.6) is 5.75 Å². The Hall–Kier alpha value is -2.54. The van der Waals surface area contributed by atoms with E-state index in [4.69, 9.17) is 0 Å². The van der Waals surface area contributed by atoms with E-state index < -0.39 is 11.7 Å². The molecule has 0 atom stereocenters. The van der Waals surface area contributed by atoms with E-state index in [1.807, 2.05) is 31.0 Å². The summed E-state index contributed by atoms with van der Waals surface area (Å²) in [5.74, 6) is 0.209. The first-order valence-corrected chi connectivity index (χ1v) is 8.70. The number of alkyl halides is 3. The SMILES string of the molecule is Cc1nc(-c2ccc(C(F)(F)F)cc2)sc1CN(C)c1ccc(O)cc1. The van der Waals surface area contributed by atoms with E-state index in [0.29, 0.717) is 17.1 Å². The smallest absolute Gasteiger partial charge is 0.416 e. The molecule has 0 aliphatic heterocycles. The van der Waals surface area contributed by atoms with Gasteiger partial charge in [0.1, 0.15) is 10.8 Å². The van der Waals surface area contributed by atoms with Crippen molar-refractivity contribution >= 4 is 17.0 Å².